The predicted octanol–water partition coefficient (Wildman–Crippen LogP) is 4.62. The largest absolute Gasteiger partial charge is 0.493 e. The normalized spacial score (nSPS) is 18.4. The van der Waals surface area contributed by atoms with E-state index in [1.807, 2.05) is 37.3 Å². The van der Waals surface area contributed by atoms with E-state index in [0.717, 1.165) is 23.3 Å². The van der Waals surface area contributed by atoms with Crippen molar-refractivity contribution in [3.63, 3.8) is 0 Å². The molecule has 1 saturated heterocycles. The molecule has 37 heavy (non-hydrogen) atoms. The number of carbonyl (C=O) groups excluding carboxylic acids is 3. The number of hydrogen-bond acceptors (Lipinski definition) is 7. The molecule has 196 valence electrons. The molecule has 2 amide bonds. The molecule has 0 bridgehead atoms. The van der Waals surface area contributed by atoms with Crippen molar-refractivity contribution >= 4 is 41.3 Å². The number of fused-ring (bicyclic) bond motifs is 1. The maximum absolute atomic E-state index is 13.3. The summed E-state index contributed by atoms with van der Waals surface area (Å²) in [5.41, 5.74) is 1.99. The van der Waals surface area contributed by atoms with Crippen LogP contribution in [0.25, 0.3) is 6.08 Å². The number of rotatable bonds is 7. The quantitative estimate of drug-likeness (QED) is 0.386. The zero-order valence-electron chi connectivity index (χ0n) is 21.6. The fraction of sp³-hybridized carbons (Fsp3) is 0.393. The first kappa shape index (κ1) is 26.6. The van der Waals surface area contributed by atoms with Gasteiger partial charge in [0.15, 0.2) is 11.5 Å². The Labute approximate surface area is 221 Å². The highest BCUT2D eigenvalue weighted by Crippen LogP contribution is 2.42. The predicted molar refractivity (Wildman–Crippen MR) is 143 cm³/mol. The van der Waals surface area contributed by atoms with Gasteiger partial charge in [0.05, 0.1) is 36.8 Å². The summed E-state index contributed by atoms with van der Waals surface area (Å²) in [4.78, 5) is 43.4. The first-order valence-electron chi connectivity index (χ1n) is 12.4. The van der Waals surface area contributed by atoms with Crippen molar-refractivity contribution in [2.24, 2.45) is 5.92 Å². The highest BCUT2D eigenvalue weighted by atomic mass is 32.2. The molecule has 1 fully saturated rings. The zero-order valence-corrected chi connectivity index (χ0v) is 22.4. The van der Waals surface area contributed by atoms with E-state index in [2.05, 4.69) is 0 Å². The molecular weight excluding hydrogens is 492 g/mol. The summed E-state index contributed by atoms with van der Waals surface area (Å²) in [5, 5.41) is 0. The van der Waals surface area contributed by atoms with Crippen LogP contribution in [0.3, 0.4) is 0 Å². The van der Waals surface area contributed by atoms with Gasteiger partial charge < -0.3 is 24.0 Å². The molecule has 2 aromatic carbocycles. The average molecular weight is 525 g/mol. The molecule has 0 unspecified atom stereocenters. The van der Waals surface area contributed by atoms with Crippen LogP contribution in [0.4, 0.5) is 5.69 Å². The third-order valence-electron chi connectivity index (χ3n) is 6.42. The molecule has 2 aliphatic rings. The van der Waals surface area contributed by atoms with E-state index in [1.54, 1.807) is 43.0 Å². The van der Waals surface area contributed by atoms with Crippen LogP contribution in [0.5, 0.6) is 11.5 Å². The van der Waals surface area contributed by atoms with Crippen molar-refractivity contribution in [2.45, 2.75) is 31.6 Å². The Kier molecular flexibility index (Phi) is 8.43. The minimum Gasteiger partial charge on any atom is -0.493 e. The van der Waals surface area contributed by atoms with Gasteiger partial charge >= 0.3 is 5.97 Å². The molecular formula is C28H32N2O6S. The summed E-state index contributed by atoms with van der Waals surface area (Å²) in [5.74, 6) is 0.391. The van der Waals surface area contributed by atoms with E-state index in [4.69, 9.17) is 14.2 Å². The topological polar surface area (TPSA) is 85.4 Å². The number of thioether (sulfide) groups is 1. The van der Waals surface area contributed by atoms with Crippen LogP contribution in [0.1, 0.15) is 42.6 Å². The van der Waals surface area contributed by atoms with E-state index in [1.165, 1.54) is 11.8 Å². The Balaban J connectivity index is 1.54. The Bertz CT molecular complexity index is 1230. The van der Waals surface area contributed by atoms with Crippen LogP contribution in [0, 0.1) is 5.92 Å². The summed E-state index contributed by atoms with van der Waals surface area (Å²) >= 11 is 1.37. The van der Waals surface area contributed by atoms with Crippen molar-refractivity contribution < 1.29 is 28.6 Å². The molecule has 1 atom stereocenters. The lowest BCUT2D eigenvalue weighted by molar-refractivity contribution is -0.149. The summed E-state index contributed by atoms with van der Waals surface area (Å²) in [6.45, 7) is 5.48. The highest BCUT2D eigenvalue weighted by Gasteiger charge is 2.32. The lowest BCUT2D eigenvalue weighted by Crippen LogP contribution is -2.43. The summed E-state index contributed by atoms with van der Waals surface area (Å²) in [6.07, 6.45) is 3.29. The molecule has 9 heteroatoms. The number of esters is 1. The van der Waals surface area contributed by atoms with Gasteiger partial charge in [-0.15, -0.1) is 0 Å². The van der Waals surface area contributed by atoms with Crippen LogP contribution in [-0.4, -0.2) is 63.1 Å². The molecule has 0 N–H and O–H groups in total. The van der Waals surface area contributed by atoms with Crippen LogP contribution in [-0.2, 0) is 14.3 Å². The number of carbonyl (C=O) groups is 3. The van der Waals surface area contributed by atoms with Gasteiger partial charge in [0, 0.05) is 30.6 Å². The molecule has 2 aromatic rings. The number of piperidine rings is 1. The molecule has 0 spiro atoms. The van der Waals surface area contributed by atoms with E-state index in [0.29, 0.717) is 54.0 Å². The van der Waals surface area contributed by atoms with Gasteiger partial charge in [0.2, 0.25) is 0 Å². The standard InChI is InChI=1S/C28H32N2O6S/c1-5-35-22-11-9-18(14-23(22)34-4)15-25-27(32)29(3)21-16-19(10-12-24(21)37-25)26(31)30-13-7-8-20(17-30)28(33)36-6-2/h9-12,14-16,20H,5-8,13,17H2,1-4H3/b25-15+/t20-/m1/s1. The van der Waals surface area contributed by atoms with Gasteiger partial charge in [-0.05, 0) is 68.7 Å². The number of amides is 2. The second-order valence-corrected chi connectivity index (χ2v) is 9.93. The van der Waals surface area contributed by atoms with Crippen molar-refractivity contribution in [3.8, 4) is 11.5 Å². The van der Waals surface area contributed by atoms with Crippen molar-refractivity contribution in [1.29, 1.82) is 0 Å². The second kappa shape index (κ2) is 11.7. The highest BCUT2D eigenvalue weighted by molar-refractivity contribution is 8.04. The number of likely N-dealkylation sites (tertiary alicyclic amines) is 1. The maximum Gasteiger partial charge on any atom is 0.310 e. The number of benzene rings is 2. The summed E-state index contributed by atoms with van der Waals surface area (Å²) in [7, 11) is 3.29. The number of ether oxygens (including phenoxy) is 3. The van der Waals surface area contributed by atoms with Gasteiger partial charge in [-0.25, -0.2) is 0 Å². The van der Waals surface area contributed by atoms with Crippen LogP contribution < -0.4 is 14.4 Å². The van der Waals surface area contributed by atoms with Gasteiger partial charge in [0.25, 0.3) is 11.8 Å². The summed E-state index contributed by atoms with van der Waals surface area (Å²) in [6, 6.07) is 11.0. The van der Waals surface area contributed by atoms with E-state index in [-0.39, 0.29) is 23.7 Å². The molecule has 0 aromatic heterocycles. The lowest BCUT2D eigenvalue weighted by atomic mass is 9.97. The molecule has 2 aliphatic heterocycles. The minimum absolute atomic E-state index is 0.148. The first-order chi connectivity index (χ1) is 17.9. The van der Waals surface area contributed by atoms with Crippen LogP contribution in [0.2, 0.25) is 0 Å². The van der Waals surface area contributed by atoms with Gasteiger partial charge in [-0.1, -0.05) is 17.8 Å². The summed E-state index contributed by atoms with van der Waals surface area (Å²) < 4.78 is 16.2. The fourth-order valence-corrected chi connectivity index (χ4v) is 5.62. The Morgan fingerprint density at radius 3 is 2.65 bits per heavy atom. The molecule has 0 radical (unpaired) electrons. The van der Waals surface area contributed by atoms with Gasteiger partial charge in [-0.3, -0.25) is 14.4 Å². The molecule has 0 saturated carbocycles. The molecule has 2 heterocycles. The minimum atomic E-state index is -0.302. The SMILES string of the molecule is CCOC(=O)[C@@H]1CCCN(C(=O)c2ccc3c(c2)N(C)C(=O)/C(=C\c2ccc(OCC)c(OC)c2)S3)C1. The zero-order chi connectivity index (χ0) is 26.5. The monoisotopic (exact) mass is 524 g/mol. The molecule has 0 aliphatic carbocycles. The van der Waals surface area contributed by atoms with Crippen molar-refractivity contribution in [1.82, 2.24) is 4.90 Å². The van der Waals surface area contributed by atoms with E-state index in [9.17, 15) is 14.4 Å². The van der Waals surface area contributed by atoms with Gasteiger partial charge in [-0.2, -0.15) is 0 Å². The molecule has 4 rings (SSSR count). The average Bonchev–Trinajstić information content (AvgIpc) is 2.92. The first-order valence-corrected chi connectivity index (χ1v) is 13.3. The number of anilines is 1. The molecule has 8 nitrogen and oxygen atoms in total. The maximum atomic E-state index is 13.3. The third kappa shape index (κ3) is 5.77. The van der Waals surface area contributed by atoms with Crippen molar-refractivity contribution in [2.75, 3.05) is 45.4 Å². The van der Waals surface area contributed by atoms with E-state index >= 15 is 0 Å². The number of hydrogen-bond donors (Lipinski definition) is 0. The van der Waals surface area contributed by atoms with Crippen molar-refractivity contribution in [3.05, 3.63) is 52.4 Å². The number of methoxy groups -OCH3 is 1. The Morgan fingerprint density at radius 1 is 1.11 bits per heavy atom. The smallest absolute Gasteiger partial charge is 0.310 e. The van der Waals surface area contributed by atoms with Gasteiger partial charge in [0.1, 0.15) is 0 Å². The number of likely N-dealkylation sites (N-methyl/N-ethyl adjacent to an activating group) is 1. The Morgan fingerprint density at radius 2 is 1.92 bits per heavy atom. The van der Waals surface area contributed by atoms with Crippen LogP contribution >= 0.6 is 11.8 Å². The third-order valence-corrected chi connectivity index (χ3v) is 7.49. The Hall–Kier alpha value is -3.46. The fourth-order valence-electron chi connectivity index (χ4n) is 4.52. The second-order valence-electron chi connectivity index (χ2n) is 8.84. The lowest BCUT2D eigenvalue weighted by Gasteiger charge is -2.32. The number of nitrogens with zero attached hydrogens (tertiary/aromatic N) is 2. The van der Waals surface area contributed by atoms with E-state index < -0.39 is 0 Å². The van der Waals surface area contributed by atoms with Crippen LogP contribution in [0.15, 0.2) is 46.2 Å².